The fourth-order valence-electron chi connectivity index (χ4n) is 4.82. The van der Waals surface area contributed by atoms with E-state index in [9.17, 15) is 18.0 Å². The van der Waals surface area contributed by atoms with Crippen LogP contribution in [0.25, 0.3) is 21.6 Å². The summed E-state index contributed by atoms with van der Waals surface area (Å²) in [7, 11) is -1.16. The van der Waals surface area contributed by atoms with Crippen LogP contribution in [0.2, 0.25) is 0 Å². The van der Waals surface area contributed by atoms with Crippen LogP contribution in [0.3, 0.4) is 0 Å². The van der Waals surface area contributed by atoms with Gasteiger partial charge in [-0.1, -0.05) is 24.3 Å². The van der Waals surface area contributed by atoms with Crippen LogP contribution in [0.1, 0.15) is 54.0 Å². The minimum atomic E-state index is -4.03. The Labute approximate surface area is 236 Å². The van der Waals surface area contributed by atoms with Gasteiger partial charge in [-0.3, -0.25) is 9.63 Å². The number of fused-ring (bicyclic) bond motifs is 3. The van der Waals surface area contributed by atoms with Gasteiger partial charge in [0.15, 0.2) is 0 Å². The van der Waals surface area contributed by atoms with Crippen molar-refractivity contribution in [2.24, 2.45) is 0 Å². The zero-order chi connectivity index (χ0) is 28.8. The average Bonchev–Trinajstić information content (AvgIpc) is 3.64. The quantitative estimate of drug-likeness (QED) is 0.312. The predicted octanol–water partition coefficient (Wildman–Crippen LogP) is 5.15. The third kappa shape index (κ3) is 5.09. The van der Waals surface area contributed by atoms with Crippen LogP contribution in [0.5, 0.6) is 0 Å². The minimum absolute atomic E-state index is 0.130. The summed E-state index contributed by atoms with van der Waals surface area (Å²) in [6.07, 6.45) is 2.21. The van der Waals surface area contributed by atoms with Crippen LogP contribution in [0, 0.1) is 0 Å². The smallest absolute Gasteiger partial charge is 0.408 e. The molecular formula is C28H30N4O6S2. The first-order valence-corrected chi connectivity index (χ1v) is 14.9. The number of nitrogens with zero attached hydrogens (tertiary/aromatic N) is 3. The highest BCUT2D eigenvalue weighted by Gasteiger charge is 2.32. The van der Waals surface area contributed by atoms with Crippen LogP contribution in [0.15, 0.2) is 59.6 Å². The molecule has 4 aromatic rings. The highest BCUT2D eigenvalue weighted by molar-refractivity contribution is 7.90. The van der Waals surface area contributed by atoms with E-state index in [4.69, 9.17) is 9.57 Å². The van der Waals surface area contributed by atoms with Crippen molar-refractivity contribution in [1.29, 1.82) is 0 Å². The lowest BCUT2D eigenvalue weighted by Gasteiger charge is -2.22. The highest BCUT2D eigenvalue weighted by Crippen LogP contribution is 2.41. The summed E-state index contributed by atoms with van der Waals surface area (Å²) in [4.78, 5) is 35.0. The number of hydrogen-bond donors (Lipinski definition) is 1. The Hall–Kier alpha value is -3.74. The molecule has 0 saturated heterocycles. The van der Waals surface area contributed by atoms with Crippen LogP contribution < -0.4 is 5.32 Å². The molecule has 2 aromatic heterocycles. The number of ether oxygens (including phenoxy) is 1. The molecular weight excluding hydrogens is 552 g/mol. The summed E-state index contributed by atoms with van der Waals surface area (Å²) in [5.41, 5.74) is 2.08. The van der Waals surface area contributed by atoms with Crippen molar-refractivity contribution in [2.75, 3.05) is 14.2 Å². The largest absolute Gasteiger partial charge is 0.444 e. The van der Waals surface area contributed by atoms with Gasteiger partial charge < -0.3 is 10.1 Å². The van der Waals surface area contributed by atoms with Gasteiger partial charge in [-0.05, 0) is 69.0 Å². The maximum Gasteiger partial charge on any atom is 0.408 e. The van der Waals surface area contributed by atoms with Crippen LogP contribution in [-0.4, -0.2) is 54.2 Å². The Balaban J connectivity index is 1.65. The molecule has 1 aliphatic carbocycles. The summed E-state index contributed by atoms with van der Waals surface area (Å²) in [5, 5.41) is 5.15. The van der Waals surface area contributed by atoms with E-state index in [-0.39, 0.29) is 10.9 Å². The monoisotopic (exact) mass is 582 g/mol. The second-order valence-electron chi connectivity index (χ2n) is 10.4. The summed E-state index contributed by atoms with van der Waals surface area (Å²) in [5.74, 6) is -0.392. The molecule has 0 bridgehead atoms. The van der Waals surface area contributed by atoms with E-state index in [0.29, 0.717) is 33.9 Å². The van der Waals surface area contributed by atoms with Crippen molar-refractivity contribution in [3.8, 4) is 10.7 Å². The van der Waals surface area contributed by atoms with Gasteiger partial charge in [-0.25, -0.2) is 27.2 Å². The van der Waals surface area contributed by atoms with Gasteiger partial charge in [-0.15, -0.1) is 11.3 Å². The number of hydroxylamine groups is 2. The Bertz CT molecular complexity index is 1700. The molecule has 5 rings (SSSR count). The van der Waals surface area contributed by atoms with Gasteiger partial charge in [0.2, 0.25) is 0 Å². The molecule has 1 atom stereocenters. The number of alkyl carbamates (subject to hydrolysis) is 1. The fraction of sp³-hybridized carbons (Fsp3) is 0.321. The number of benzene rings is 2. The second-order valence-corrected chi connectivity index (χ2v) is 13.2. The third-order valence-corrected chi connectivity index (χ3v) is 9.37. The third-order valence-electron chi connectivity index (χ3n) is 6.62. The maximum absolute atomic E-state index is 14.0. The Morgan fingerprint density at radius 1 is 1.15 bits per heavy atom. The van der Waals surface area contributed by atoms with Crippen molar-refractivity contribution in [3.63, 3.8) is 0 Å². The molecule has 0 spiro atoms. The standard InChI is InChI=1S/C28H30N4O6S2/c1-28(2,3)38-27(34)30-21-13-11-18-19(21)12-14-22-20(18)15-23(25-29-16-24(39-25)26(33)31(4)37-5)32(22)40(35,36)17-9-7-6-8-10-17/h6-10,12,14-16,21H,11,13H2,1-5H3,(H,30,34)/t21-/m1/s1. The maximum atomic E-state index is 14.0. The number of rotatable bonds is 6. The Morgan fingerprint density at radius 3 is 2.55 bits per heavy atom. The second kappa shape index (κ2) is 10.3. The van der Waals surface area contributed by atoms with Crippen molar-refractivity contribution in [2.45, 2.75) is 50.2 Å². The van der Waals surface area contributed by atoms with Gasteiger partial charge >= 0.3 is 6.09 Å². The van der Waals surface area contributed by atoms with Crippen LogP contribution in [0.4, 0.5) is 4.79 Å². The Kier molecular flexibility index (Phi) is 7.19. The summed E-state index contributed by atoms with van der Waals surface area (Å²) >= 11 is 1.08. The molecule has 2 amide bonds. The molecule has 0 aliphatic heterocycles. The molecule has 10 nitrogen and oxygen atoms in total. The number of thiazole rings is 1. The minimum Gasteiger partial charge on any atom is -0.444 e. The molecule has 0 fully saturated rings. The summed E-state index contributed by atoms with van der Waals surface area (Å²) in [6, 6.07) is 13.3. The van der Waals surface area contributed by atoms with Gasteiger partial charge in [0.25, 0.3) is 15.9 Å². The van der Waals surface area contributed by atoms with Gasteiger partial charge in [0.1, 0.15) is 15.5 Å². The first-order valence-electron chi connectivity index (χ1n) is 12.7. The molecule has 0 unspecified atom stereocenters. The number of nitrogens with one attached hydrogen (secondary N) is 1. The van der Waals surface area contributed by atoms with E-state index in [1.165, 1.54) is 24.3 Å². The lowest BCUT2D eigenvalue weighted by atomic mass is 10.0. The predicted molar refractivity (Wildman–Crippen MR) is 152 cm³/mol. The van der Waals surface area contributed by atoms with Crippen LogP contribution >= 0.6 is 11.3 Å². The highest BCUT2D eigenvalue weighted by atomic mass is 32.2. The molecule has 1 N–H and O–H groups in total. The Morgan fingerprint density at radius 2 is 1.88 bits per heavy atom. The molecule has 2 aromatic carbocycles. The van der Waals surface area contributed by atoms with E-state index >= 15 is 0 Å². The lowest BCUT2D eigenvalue weighted by Crippen LogP contribution is -2.34. The van der Waals surface area contributed by atoms with E-state index in [0.717, 1.165) is 32.9 Å². The number of carbonyl (C=O) groups excluding carboxylic acids is 2. The summed E-state index contributed by atoms with van der Waals surface area (Å²) in [6.45, 7) is 5.42. The molecule has 0 radical (unpaired) electrons. The molecule has 40 heavy (non-hydrogen) atoms. The van der Waals surface area contributed by atoms with Crippen molar-refractivity contribution < 1.29 is 27.6 Å². The molecule has 12 heteroatoms. The number of aromatic nitrogens is 2. The zero-order valence-corrected chi connectivity index (χ0v) is 24.4. The molecule has 1 aliphatic rings. The number of carbonyl (C=O) groups is 2. The topological polar surface area (TPSA) is 120 Å². The van der Waals surface area contributed by atoms with E-state index in [1.54, 1.807) is 63.2 Å². The molecule has 0 saturated carbocycles. The number of hydrogen-bond acceptors (Lipinski definition) is 8. The van der Waals surface area contributed by atoms with Gasteiger partial charge in [-0.2, -0.15) is 0 Å². The van der Waals surface area contributed by atoms with E-state index < -0.39 is 27.6 Å². The zero-order valence-electron chi connectivity index (χ0n) is 22.8. The van der Waals surface area contributed by atoms with E-state index in [1.807, 2.05) is 6.07 Å². The van der Waals surface area contributed by atoms with Crippen molar-refractivity contribution >= 4 is 44.3 Å². The average molecular weight is 583 g/mol. The normalized spacial score (nSPS) is 15.2. The number of amides is 2. The van der Waals surface area contributed by atoms with Crippen molar-refractivity contribution in [3.05, 3.63) is 70.7 Å². The van der Waals surface area contributed by atoms with Crippen molar-refractivity contribution in [1.82, 2.24) is 19.3 Å². The lowest BCUT2D eigenvalue weighted by molar-refractivity contribution is -0.0754. The fourth-order valence-corrected chi connectivity index (χ4v) is 7.29. The molecule has 2 heterocycles. The number of aryl methyl sites for hydroxylation is 1. The first-order chi connectivity index (χ1) is 18.9. The first kappa shape index (κ1) is 27.8. The summed E-state index contributed by atoms with van der Waals surface area (Å²) < 4.78 is 34.8. The van der Waals surface area contributed by atoms with Gasteiger partial charge in [0.05, 0.1) is 35.5 Å². The van der Waals surface area contributed by atoms with Crippen LogP contribution in [-0.2, 0) is 26.0 Å². The molecule has 210 valence electrons. The SMILES string of the molecule is CON(C)C(=O)c1cnc(-c2cc3c4c(ccc3n2S(=O)(=O)c2ccccc2)[C@H](NC(=O)OC(C)(C)C)CC4)s1. The van der Waals surface area contributed by atoms with E-state index in [2.05, 4.69) is 10.3 Å². The van der Waals surface area contributed by atoms with Gasteiger partial charge in [0, 0.05) is 12.4 Å².